The van der Waals surface area contributed by atoms with E-state index in [2.05, 4.69) is 40.3 Å². The van der Waals surface area contributed by atoms with Gasteiger partial charge in [-0.1, -0.05) is 53.2 Å². The highest BCUT2D eigenvalue weighted by Crippen LogP contribution is 2.51. The Kier molecular flexibility index (Phi) is 4.35. The summed E-state index contributed by atoms with van der Waals surface area (Å²) in [6.45, 7) is 2.16. The molecule has 4 rings (SSSR count). The van der Waals surface area contributed by atoms with E-state index >= 15 is 0 Å². The molecule has 1 fully saturated rings. The lowest BCUT2D eigenvalue weighted by Crippen LogP contribution is -2.39. The normalized spacial score (nSPS) is 28.6. The molecule has 0 radical (unpaired) electrons. The molecule has 0 spiro atoms. The van der Waals surface area contributed by atoms with Crippen LogP contribution in [0.4, 0.5) is 10.1 Å². The first kappa shape index (κ1) is 16.1. The average molecular weight is 390 g/mol. The molecule has 1 saturated heterocycles. The summed E-state index contributed by atoms with van der Waals surface area (Å²) in [7, 11) is 0. The molecular formula is C20H21BrFNO. The molecule has 3 unspecified atom stereocenters. The maximum atomic E-state index is 14.6. The molecule has 0 saturated carbocycles. The maximum Gasteiger partial charge on any atom is 0.147 e. The van der Waals surface area contributed by atoms with Crippen molar-refractivity contribution in [3.63, 3.8) is 0 Å². The summed E-state index contributed by atoms with van der Waals surface area (Å²) in [4.78, 5) is 0. The summed E-state index contributed by atoms with van der Waals surface area (Å²) in [5.41, 5.74) is 2.72. The third-order valence-electron chi connectivity index (χ3n) is 5.28. The molecular weight excluding hydrogens is 369 g/mol. The van der Waals surface area contributed by atoms with Gasteiger partial charge >= 0.3 is 0 Å². The largest absolute Gasteiger partial charge is 0.375 e. The highest BCUT2D eigenvalue weighted by atomic mass is 79.9. The van der Waals surface area contributed by atoms with Crippen LogP contribution in [0, 0.1) is 11.7 Å². The third kappa shape index (κ3) is 2.76. The lowest BCUT2D eigenvalue weighted by Gasteiger charge is -2.45. The number of fused-ring (bicyclic) bond motifs is 3. The number of rotatable bonds is 2. The van der Waals surface area contributed by atoms with Crippen molar-refractivity contribution in [2.75, 3.05) is 5.32 Å². The van der Waals surface area contributed by atoms with Crippen molar-refractivity contribution in [1.29, 1.82) is 0 Å². The predicted molar refractivity (Wildman–Crippen MR) is 97.5 cm³/mol. The zero-order valence-electron chi connectivity index (χ0n) is 13.6. The van der Waals surface area contributed by atoms with Crippen LogP contribution in [-0.4, -0.2) is 6.10 Å². The fourth-order valence-electron chi connectivity index (χ4n) is 4.08. The van der Waals surface area contributed by atoms with Crippen LogP contribution in [0.5, 0.6) is 0 Å². The van der Waals surface area contributed by atoms with Crippen LogP contribution in [0.2, 0.25) is 0 Å². The molecule has 0 aliphatic carbocycles. The second-order valence-electron chi connectivity index (χ2n) is 6.71. The first-order valence-corrected chi connectivity index (χ1v) is 9.42. The molecule has 2 aromatic carbocycles. The molecule has 24 heavy (non-hydrogen) atoms. The average Bonchev–Trinajstić information content (AvgIpc) is 2.61. The Morgan fingerprint density at radius 3 is 2.75 bits per heavy atom. The SMILES string of the molecule is CCC1CCC2C(O1)c1cc(Br)cc(F)c1N[C@H]2c1ccccc1. The fraction of sp³-hybridized carbons (Fsp3) is 0.400. The van der Waals surface area contributed by atoms with Crippen molar-refractivity contribution in [3.8, 4) is 0 Å². The van der Waals surface area contributed by atoms with Crippen LogP contribution in [0.3, 0.4) is 0 Å². The Morgan fingerprint density at radius 2 is 2.00 bits per heavy atom. The maximum absolute atomic E-state index is 14.6. The molecule has 2 aliphatic rings. The van der Waals surface area contributed by atoms with Crippen LogP contribution < -0.4 is 5.32 Å². The zero-order chi connectivity index (χ0) is 16.7. The van der Waals surface area contributed by atoms with E-state index in [1.165, 1.54) is 11.6 Å². The molecule has 0 amide bonds. The lowest BCUT2D eigenvalue weighted by atomic mass is 9.76. The van der Waals surface area contributed by atoms with Gasteiger partial charge in [0.2, 0.25) is 0 Å². The fourth-order valence-corrected chi connectivity index (χ4v) is 4.52. The molecule has 2 aliphatic heterocycles. The van der Waals surface area contributed by atoms with E-state index < -0.39 is 0 Å². The number of anilines is 1. The number of hydrogen-bond acceptors (Lipinski definition) is 2. The van der Waals surface area contributed by atoms with Gasteiger partial charge in [-0.25, -0.2) is 4.39 Å². The minimum atomic E-state index is -0.221. The molecule has 2 aromatic rings. The number of hydrogen-bond donors (Lipinski definition) is 1. The van der Waals surface area contributed by atoms with Gasteiger partial charge in [0.15, 0.2) is 0 Å². The number of ether oxygens (including phenoxy) is 1. The molecule has 2 nitrogen and oxygen atoms in total. The van der Waals surface area contributed by atoms with Crippen LogP contribution in [0.15, 0.2) is 46.9 Å². The summed E-state index contributed by atoms with van der Waals surface area (Å²) < 4.78 is 21.8. The summed E-state index contributed by atoms with van der Waals surface area (Å²) in [5, 5.41) is 3.46. The van der Waals surface area contributed by atoms with Gasteiger partial charge in [0.25, 0.3) is 0 Å². The van der Waals surface area contributed by atoms with Gasteiger partial charge in [0.05, 0.1) is 23.9 Å². The van der Waals surface area contributed by atoms with E-state index in [0.29, 0.717) is 11.6 Å². The minimum Gasteiger partial charge on any atom is -0.375 e. The van der Waals surface area contributed by atoms with E-state index in [0.717, 1.165) is 29.3 Å². The highest BCUT2D eigenvalue weighted by molar-refractivity contribution is 9.10. The first-order valence-electron chi connectivity index (χ1n) is 8.63. The van der Waals surface area contributed by atoms with Crippen molar-refractivity contribution in [1.82, 2.24) is 0 Å². The van der Waals surface area contributed by atoms with Gasteiger partial charge < -0.3 is 10.1 Å². The minimum absolute atomic E-state index is 0.0582. The Bertz CT molecular complexity index is 736. The van der Waals surface area contributed by atoms with E-state index in [-0.39, 0.29) is 24.1 Å². The topological polar surface area (TPSA) is 21.3 Å². The highest BCUT2D eigenvalue weighted by Gasteiger charge is 2.42. The van der Waals surface area contributed by atoms with E-state index in [9.17, 15) is 4.39 Å². The van der Waals surface area contributed by atoms with Crippen LogP contribution in [0.25, 0.3) is 0 Å². The van der Waals surface area contributed by atoms with Crippen molar-refractivity contribution in [2.24, 2.45) is 5.92 Å². The Labute approximate surface area is 150 Å². The molecule has 126 valence electrons. The van der Waals surface area contributed by atoms with E-state index in [4.69, 9.17) is 4.74 Å². The summed E-state index contributed by atoms with van der Waals surface area (Å²) in [5.74, 6) is 0.0948. The Balaban J connectivity index is 1.80. The number of halogens is 2. The van der Waals surface area contributed by atoms with Crippen molar-refractivity contribution < 1.29 is 9.13 Å². The molecule has 0 bridgehead atoms. The zero-order valence-corrected chi connectivity index (χ0v) is 15.2. The molecule has 0 aromatic heterocycles. The van der Waals surface area contributed by atoms with Gasteiger partial charge in [-0.2, -0.15) is 0 Å². The van der Waals surface area contributed by atoms with Gasteiger partial charge in [-0.15, -0.1) is 0 Å². The second kappa shape index (κ2) is 6.49. The lowest BCUT2D eigenvalue weighted by molar-refractivity contribution is -0.0942. The Hall–Kier alpha value is -1.39. The third-order valence-corrected chi connectivity index (χ3v) is 5.74. The van der Waals surface area contributed by atoms with Crippen LogP contribution in [0.1, 0.15) is 49.5 Å². The van der Waals surface area contributed by atoms with Gasteiger partial charge in [-0.3, -0.25) is 0 Å². The van der Waals surface area contributed by atoms with Crippen LogP contribution in [-0.2, 0) is 4.74 Å². The molecule has 1 N–H and O–H groups in total. The smallest absolute Gasteiger partial charge is 0.147 e. The molecule has 4 atom stereocenters. The van der Waals surface area contributed by atoms with E-state index in [1.54, 1.807) is 0 Å². The first-order chi connectivity index (χ1) is 11.7. The van der Waals surface area contributed by atoms with E-state index in [1.807, 2.05) is 24.3 Å². The van der Waals surface area contributed by atoms with Crippen molar-refractivity contribution in [2.45, 2.75) is 44.4 Å². The summed E-state index contributed by atoms with van der Waals surface area (Å²) >= 11 is 3.43. The predicted octanol–water partition coefficient (Wildman–Crippen LogP) is 6.00. The number of benzene rings is 2. The van der Waals surface area contributed by atoms with Gasteiger partial charge in [-0.05, 0) is 37.0 Å². The quantitative estimate of drug-likeness (QED) is 0.679. The summed E-state index contributed by atoms with van der Waals surface area (Å²) in [6, 6.07) is 13.9. The Morgan fingerprint density at radius 1 is 1.21 bits per heavy atom. The number of nitrogens with one attached hydrogen (secondary N) is 1. The standard InChI is InChI=1S/C20H21BrFNO/c1-2-14-8-9-15-18(12-6-4-3-5-7-12)23-19-16(20(15)24-14)10-13(21)11-17(19)22/h3-7,10-11,14-15,18,20,23H,2,8-9H2,1H3/t14?,15?,18-,20?/m0/s1. The van der Waals surface area contributed by atoms with Crippen molar-refractivity contribution in [3.05, 3.63) is 63.9 Å². The molecule has 2 heterocycles. The monoisotopic (exact) mass is 389 g/mol. The van der Waals surface area contributed by atoms with Crippen LogP contribution >= 0.6 is 15.9 Å². The van der Waals surface area contributed by atoms with Crippen molar-refractivity contribution >= 4 is 21.6 Å². The van der Waals surface area contributed by atoms with Gasteiger partial charge in [0, 0.05) is 16.0 Å². The van der Waals surface area contributed by atoms with Gasteiger partial charge in [0.1, 0.15) is 5.82 Å². The summed E-state index contributed by atoms with van der Waals surface area (Å²) in [6.07, 6.45) is 3.35. The molecule has 4 heteroatoms. The second-order valence-corrected chi connectivity index (χ2v) is 7.63.